The summed E-state index contributed by atoms with van der Waals surface area (Å²) in [5.74, 6) is 0.180. The zero-order chi connectivity index (χ0) is 22.0. The van der Waals surface area contributed by atoms with Crippen molar-refractivity contribution in [1.82, 2.24) is 9.47 Å². The van der Waals surface area contributed by atoms with Gasteiger partial charge in [0.1, 0.15) is 6.54 Å². The Morgan fingerprint density at radius 1 is 1.23 bits per heavy atom. The van der Waals surface area contributed by atoms with Crippen molar-refractivity contribution in [1.29, 1.82) is 0 Å². The first kappa shape index (κ1) is 21.2. The maximum Gasteiger partial charge on any atom is 0.242 e. The lowest BCUT2D eigenvalue weighted by Crippen LogP contribution is -2.42. The quantitative estimate of drug-likeness (QED) is 0.440. The molecule has 0 N–H and O–H groups in total. The number of carbonyl (C=O) groups is 1. The number of likely N-dealkylation sites (N-methyl/N-ethyl adjacent to an activating group) is 1. The first-order valence-corrected chi connectivity index (χ1v) is 11.3. The predicted octanol–water partition coefficient (Wildman–Crippen LogP) is 6.42. The normalized spacial score (nSPS) is 14.5. The van der Waals surface area contributed by atoms with Gasteiger partial charge in [-0.2, -0.15) is 0 Å². The van der Waals surface area contributed by atoms with E-state index >= 15 is 0 Å². The van der Waals surface area contributed by atoms with Crippen LogP contribution in [0.1, 0.15) is 55.4 Å². The average molecular weight is 413 g/mol. The molecule has 1 saturated carbocycles. The van der Waals surface area contributed by atoms with Crippen LogP contribution in [0, 0.1) is 0 Å². The summed E-state index contributed by atoms with van der Waals surface area (Å²) >= 11 is 0. The maximum atomic E-state index is 12.9. The zero-order valence-corrected chi connectivity index (χ0v) is 18.9. The van der Waals surface area contributed by atoms with Crippen LogP contribution in [0.4, 0.5) is 0 Å². The summed E-state index contributed by atoms with van der Waals surface area (Å²) < 4.78 is 2.11. The van der Waals surface area contributed by atoms with E-state index in [1.807, 2.05) is 18.0 Å². The molecular weight excluding hydrogens is 380 g/mol. The van der Waals surface area contributed by atoms with E-state index in [-0.39, 0.29) is 5.91 Å². The van der Waals surface area contributed by atoms with Crippen LogP contribution in [0.3, 0.4) is 0 Å². The molecule has 1 aromatic heterocycles. The molecule has 0 atom stereocenters. The maximum absolute atomic E-state index is 12.9. The monoisotopic (exact) mass is 412 g/mol. The highest BCUT2D eigenvalue weighted by Gasteiger charge is 2.26. The predicted molar refractivity (Wildman–Crippen MR) is 132 cm³/mol. The van der Waals surface area contributed by atoms with Gasteiger partial charge in [-0.3, -0.25) is 4.79 Å². The Bertz CT molecular complexity index is 1150. The number of rotatable bonds is 7. The molecule has 0 unspecified atom stereocenters. The molecule has 0 spiro atoms. The van der Waals surface area contributed by atoms with Crippen molar-refractivity contribution in [3.63, 3.8) is 0 Å². The first-order chi connectivity index (χ1) is 15.0. The second-order valence-corrected chi connectivity index (χ2v) is 8.62. The topological polar surface area (TPSA) is 25.2 Å². The Labute approximate surface area is 185 Å². The molecule has 160 valence electrons. The van der Waals surface area contributed by atoms with Crippen LogP contribution in [-0.2, 0) is 17.8 Å². The number of amides is 1. The molecule has 0 radical (unpaired) electrons. The lowest BCUT2D eigenvalue weighted by Gasteiger charge is -2.34. The molecule has 0 saturated heterocycles. The van der Waals surface area contributed by atoms with Crippen molar-refractivity contribution >= 4 is 34.5 Å². The fraction of sp³-hybridized carbons (Fsp3) is 0.321. The molecule has 1 fully saturated rings. The number of allylic oxidation sites excluding steroid dienone is 1. The first-order valence-electron chi connectivity index (χ1n) is 11.3. The van der Waals surface area contributed by atoms with E-state index in [0.29, 0.717) is 12.6 Å². The summed E-state index contributed by atoms with van der Waals surface area (Å²) in [7, 11) is 1.95. The molecule has 0 aliphatic heterocycles. The number of nitrogens with zero attached hydrogens (tertiary/aromatic N) is 2. The summed E-state index contributed by atoms with van der Waals surface area (Å²) in [4.78, 5) is 14.9. The summed E-state index contributed by atoms with van der Waals surface area (Å²) in [6.45, 7) is 8.65. The average Bonchev–Trinajstić information content (AvgIpc) is 3.10. The lowest BCUT2D eigenvalue weighted by molar-refractivity contribution is -0.134. The lowest BCUT2D eigenvalue weighted by atomic mass is 9.92. The largest absolute Gasteiger partial charge is 0.341 e. The SMILES string of the molecule is C=Cc1ccc2c(c1)c(/C(C)=C/c1ccccc1CC)cn2CC(=O)N(C)C1CCC1. The van der Waals surface area contributed by atoms with Gasteiger partial charge in [0.15, 0.2) is 0 Å². The van der Waals surface area contributed by atoms with Crippen LogP contribution in [0.25, 0.3) is 28.6 Å². The summed E-state index contributed by atoms with van der Waals surface area (Å²) in [6.07, 6.45) is 10.8. The Morgan fingerprint density at radius 2 is 2.00 bits per heavy atom. The van der Waals surface area contributed by atoms with Crippen LogP contribution in [-0.4, -0.2) is 28.5 Å². The smallest absolute Gasteiger partial charge is 0.242 e. The van der Waals surface area contributed by atoms with Gasteiger partial charge in [-0.15, -0.1) is 0 Å². The molecule has 3 aromatic rings. The minimum absolute atomic E-state index is 0.180. The van der Waals surface area contributed by atoms with Gasteiger partial charge in [0, 0.05) is 35.8 Å². The number of hydrogen-bond acceptors (Lipinski definition) is 1. The third-order valence-electron chi connectivity index (χ3n) is 6.70. The minimum Gasteiger partial charge on any atom is -0.341 e. The number of aromatic nitrogens is 1. The molecule has 1 aliphatic carbocycles. The van der Waals surface area contributed by atoms with Crippen molar-refractivity contribution in [2.24, 2.45) is 0 Å². The van der Waals surface area contributed by atoms with Gasteiger partial charge in [0.2, 0.25) is 5.91 Å². The van der Waals surface area contributed by atoms with Gasteiger partial charge in [0.25, 0.3) is 0 Å². The van der Waals surface area contributed by atoms with Gasteiger partial charge < -0.3 is 9.47 Å². The fourth-order valence-electron chi connectivity index (χ4n) is 4.43. The highest BCUT2D eigenvalue weighted by molar-refractivity contribution is 5.98. The summed E-state index contributed by atoms with van der Waals surface area (Å²) in [5.41, 5.74) is 7.15. The number of aryl methyl sites for hydroxylation is 1. The minimum atomic E-state index is 0.180. The molecule has 4 rings (SSSR count). The molecule has 1 aliphatic rings. The molecule has 1 heterocycles. The highest BCUT2D eigenvalue weighted by atomic mass is 16.2. The van der Waals surface area contributed by atoms with Crippen LogP contribution >= 0.6 is 0 Å². The number of benzene rings is 2. The third-order valence-corrected chi connectivity index (χ3v) is 6.70. The van der Waals surface area contributed by atoms with Gasteiger partial charge in [-0.05, 0) is 67.0 Å². The number of carbonyl (C=O) groups excluding carboxylic acids is 1. The van der Waals surface area contributed by atoms with E-state index in [0.717, 1.165) is 30.3 Å². The van der Waals surface area contributed by atoms with E-state index in [4.69, 9.17) is 0 Å². The third kappa shape index (κ3) is 4.23. The van der Waals surface area contributed by atoms with Crippen molar-refractivity contribution in [2.75, 3.05) is 7.05 Å². The van der Waals surface area contributed by atoms with Crippen molar-refractivity contribution in [2.45, 2.75) is 52.1 Å². The molecule has 1 amide bonds. The van der Waals surface area contributed by atoms with Gasteiger partial charge in [-0.1, -0.05) is 56.0 Å². The standard InChI is InChI=1S/C28H32N2O/c1-5-21-14-15-27-25(17-21)26(20(3)16-23-11-8-7-10-22(23)6-2)18-30(27)19-28(31)29(4)24-12-9-13-24/h5,7-8,10-11,14-18,24H,1,6,9,12-13,19H2,2-4H3/b20-16+. The zero-order valence-electron chi connectivity index (χ0n) is 18.9. The second kappa shape index (κ2) is 8.97. The second-order valence-electron chi connectivity index (χ2n) is 8.62. The van der Waals surface area contributed by atoms with E-state index < -0.39 is 0 Å². The van der Waals surface area contributed by atoms with E-state index in [9.17, 15) is 4.79 Å². The molecule has 2 aromatic carbocycles. The Kier molecular flexibility index (Phi) is 6.13. The van der Waals surface area contributed by atoms with Crippen LogP contribution in [0.15, 0.2) is 55.2 Å². The van der Waals surface area contributed by atoms with Crippen molar-refractivity contribution < 1.29 is 4.79 Å². The highest BCUT2D eigenvalue weighted by Crippen LogP contribution is 2.31. The fourth-order valence-corrected chi connectivity index (χ4v) is 4.43. The van der Waals surface area contributed by atoms with Crippen LogP contribution < -0.4 is 0 Å². The number of fused-ring (bicyclic) bond motifs is 1. The van der Waals surface area contributed by atoms with E-state index in [1.165, 1.54) is 34.1 Å². The number of hydrogen-bond donors (Lipinski definition) is 0. The van der Waals surface area contributed by atoms with E-state index in [1.54, 1.807) is 0 Å². The molecular formula is C28H32N2O. The van der Waals surface area contributed by atoms with Crippen LogP contribution in [0.2, 0.25) is 0 Å². The summed E-state index contributed by atoms with van der Waals surface area (Å²) in [6, 6.07) is 15.3. The molecule has 3 nitrogen and oxygen atoms in total. The molecule has 3 heteroatoms. The van der Waals surface area contributed by atoms with E-state index in [2.05, 4.69) is 79.7 Å². The van der Waals surface area contributed by atoms with Crippen molar-refractivity contribution in [3.8, 4) is 0 Å². The van der Waals surface area contributed by atoms with Gasteiger partial charge >= 0.3 is 0 Å². The Hall–Kier alpha value is -3.07. The van der Waals surface area contributed by atoms with Gasteiger partial charge in [-0.25, -0.2) is 0 Å². The van der Waals surface area contributed by atoms with Crippen molar-refractivity contribution in [3.05, 3.63) is 77.5 Å². The molecule has 31 heavy (non-hydrogen) atoms. The van der Waals surface area contributed by atoms with Crippen LogP contribution in [0.5, 0.6) is 0 Å². The Balaban J connectivity index is 1.74. The summed E-state index contributed by atoms with van der Waals surface area (Å²) in [5, 5.41) is 1.17. The molecule has 0 bridgehead atoms. The Morgan fingerprint density at radius 3 is 2.68 bits per heavy atom. The van der Waals surface area contributed by atoms with Gasteiger partial charge in [0.05, 0.1) is 0 Å².